The number of amides is 1. The minimum Gasteiger partial charge on any atom is -0.503 e. The van der Waals surface area contributed by atoms with Crippen molar-refractivity contribution >= 4 is 34.4 Å². The highest BCUT2D eigenvalue weighted by Gasteiger charge is 2.45. The molecule has 7 heteroatoms. The lowest BCUT2D eigenvalue weighted by Crippen LogP contribution is -2.38. The average Bonchev–Trinajstić information content (AvgIpc) is 3.51. The summed E-state index contributed by atoms with van der Waals surface area (Å²) in [5.74, 6) is -1.61. The molecule has 1 saturated heterocycles. The fraction of sp³-hybridized carbons (Fsp3) is 0.286. The first-order valence-corrected chi connectivity index (χ1v) is 12.8. The van der Waals surface area contributed by atoms with E-state index < -0.39 is 17.7 Å². The number of carbonyl (C=O) groups excluding carboxylic acids is 2. The van der Waals surface area contributed by atoms with E-state index in [1.807, 2.05) is 53.9 Å². The molecule has 180 valence electrons. The quantitative estimate of drug-likeness (QED) is 0.505. The molecule has 2 aromatic carbocycles. The predicted octanol–water partition coefficient (Wildman–Crippen LogP) is 5.38. The van der Waals surface area contributed by atoms with Gasteiger partial charge in [-0.25, -0.2) is 0 Å². The zero-order valence-corrected chi connectivity index (χ0v) is 20.6. The lowest BCUT2D eigenvalue weighted by atomic mass is 9.90. The molecule has 6 nitrogen and oxygen atoms in total. The molecular weight excluding hydrogens is 460 g/mol. The van der Waals surface area contributed by atoms with Gasteiger partial charge >= 0.3 is 0 Å². The average molecular weight is 489 g/mol. The molecule has 1 N–H and O–H groups in total. The molecule has 1 unspecified atom stereocenters. The van der Waals surface area contributed by atoms with Gasteiger partial charge in [0.25, 0.3) is 5.91 Å². The topological polar surface area (TPSA) is 70.1 Å². The van der Waals surface area contributed by atoms with Gasteiger partial charge in [0, 0.05) is 35.9 Å². The number of anilines is 2. The highest BCUT2D eigenvalue weighted by atomic mass is 32.1. The Hall–Kier alpha value is -3.42. The fourth-order valence-electron chi connectivity index (χ4n) is 4.78. The van der Waals surface area contributed by atoms with Crippen LogP contribution in [-0.2, 0) is 14.3 Å². The maximum atomic E-state index is 13.5. The number of benzene rings is 2. The summed E-state index contributed by atoms with van der Waals surface area (Å²) in [6.07, 6.45) is 0. The van der Waals surface area contributed by atoms with Crippen molar-refractivity contribution in [3.8, 4) is 11.1 Å². The Kier molecular flexibility index (Phi) is 6.45. The molecule has 3 heterocycles. The van der Waals surface area contributed by atoms with Gasteiger partial charge in [-0.15, -0.1) is 0 Å². The van der Waals surface area contributed by atoms with Crippen LogP contribution >= 0.6 is 11.3 Å². The number of para-hydroxylation sites is 1. The van der Waals surface area contributed by atoms with E-state index in [-0.39, 0.29) is 17.3 Å². The number of carbonyl (C=O) groups is 2. The molecule has 1 aromatic heterocycles. The van der Waals surface area contributed by atoms with Crippen LogP contribution in [0.4, 0.5) is 11.4 Å². The fourth-order valence-corrected chi connectivity index (χ4v) is 5.45. The van der Waals surface area contributed by atoms with Gasteiger partial charge in [-0.3, -0.25) is 14.5 Å². The number of nitrogens with zero attached hydrogens (tertiary/aromatic N) is 2. The maximum absolute atomic E-state index is 13.5. The Bertz CT molecular complexity index is 1260. The maximum Gasteiger partial charge on any atom is 0.294 e. The number of hydrogen-bond donors (Lipinski definition) is 1. The van der Waals surface area contributed by atoms with Gasteiger partial charge in [-0.2, -0.15) is 11.3 Å². The molecule has 5 rings (SSSR count). The van der Waals surface area contributed by atoms with Crippen molar-refractivity contribution < 1.29 is 19.4 Å². The van der Waals surface area contributed by atoms with Crippen molar-refractivity contribution in [3.63, 3.8) is 0 Å². The lowest BCUT2D eigenvalue weighted by Gasteiger charge is -2.34. The molecule has 1 fully saturated rings. The Balaban J connectivity index is 1.62. The van der Waals surface area contributed by atoms with Crippen molar-refractivity contribution in [2.24, 2.45) is 5.92 Å². The molecule has 3 aromatic rings. The summed E-state index contributed by atoms with van der Waals surface area (Å²) in [4.78, 5) is 30.6. The Labute approximate surface area is 209 Å². The molecule has 2 aliphatic rings. The summed E-state index contributed by atoms with van der Waals surface area (Å²) in [5.41, 5.74) is 4.71. The molecule has 0 radical (unpaired) electrons. The Morgan fingerprint density at radius 1 is 1.03 bits per heavy atom. The molecule has 0 saturated carbocycles. The second-order valence-corrected chi connectivity index (χ2v) is 9.86. The van der Waals surface area contributed by atoms with Crippen LogP contribution in [0.5, 0.6) is 0 Å². The van der Waals surface area contributed by atoms with Crippen LogP contribution in [0.2, 0.25) is 0 Å². The van der Waals surface area contributed by atoms with Gasteiger partial charge in [0.15, 0.2) is 11.5 Å². The van der Waals surface area contributed by atoms with Crippen LogP contribution < -0.4 is 9.80 Å². The van der Waals surface area contributed by atoms with E-state index in [2.05, 4.69) is 16.3 Å². The van der Waals surface area contributed by atoms with Crippen LogP contribution in [0.1, 0.15) is 25.5 Å². The molecule has 2 aliphatic heterocycles. The first-order valence-electron chi connectivity index (χ1n) is 11.8. The van der Waals surface area contributed by atoms with Crippen LogP contribution in [0.3, 0.4) is 0 Å². The third kappa shape index (κ3) is 4.26. The number of morpholine rings is 1. The Morgan fingerprint density at radius 2 is 1.74 bits per heavy atom. The second kappa shape index (κ2) is 9.68. The highest BCUT2D eigenvalue weighted by molar-refractivity contribution is 7.08. The van der Waals surface area contributed by atoms with Gasteiger partial charge in [-0.05, 0) is 46.2 Å². The van der Waals surface area contributed by atoms with Crippen molar-refractivity contribution in [2.45, 2.75) is 19.9 Å². The number of Topliss-reactive ketones (excluding diaryl/α,β-unsaturated/α-hetero) is 1. The number of aliphatic hydroxyl groups is 1. The van der Waals surface area contributed by atoms with Crippen LogP contribution in [0.15, 0.2) is 76.7 Å². The van der Waals surface area contributed by atoms with E-state index in [0.29, 0.717) is 18.9 Å². The third-order valence-corrected chi connectivity index (χ3v) is 7.26. The molecule has 0 spiro atoms. The number of ether oxygens (including phenoxy) is 1. The second-order valence-electron chi connectivity index (χ2n) is 9.08. The number of thiophene rings is 1. The monoisotopic (exact) mass is 488 g/mol. The Morgan fingerprint density at radius 3 is 2.40 bits per heavy atom. The van der Waals surface area contributed by atoms with E-state index in [1.165, 1.54) is 0 Å². The van der Waals surface area contributed by atoms with Crippen molar-refractivity contribution in [1.82, 2.24) is 0 Å². The van der Waals surface area contributed by atoms with Gasteiger partial charge in [0.2, 0.25) is 0 Å². The highest BCUT2D eigenvalue weighted by Crippen LogP contribution is 2.45. The standard InChI is InChI=1S/C28H28N2O4S/c1-18(2)26(31)24-25(22-5-3-4-6-23(22)29-12-14-34-15-13-29)30(28(33)27(24)32)21-9-7-19(8-10-21)20-11-16-35-17-20/h3-11,16-18,25,32H,12-15H2,1-2H3. The van der Waals surface area contributed by atoms with Gasteiger partial charge < -0.3 is 14.7 Å². The number of hydrogen-bond acceptors (Lipinski definition) is 6. The van der Waals surface area contributed by atoms with Gasteiger partial charge in [0.05, 0.1) is 24.8 Å². The molecule has 1 atom stereocenters. The molecule has 35 heavy (non-hydrogen) atoms. The largest absolute Gasteiger partial charge is 0.503 e. The summed E-state index contributed by atoms with van der Waals surface area (Å²) in [7, 11) is 0. The summed E-state index contributed by atoms with van der Waals surface area (Å²) in [6.45, 7) is 6.24. The minimum absolute atomic E-state index is 0.160. The smallest absolute Gasteiger partial charge is 0.294 e. The van der Waals surface area contributed by atoms with Crippen LogP contribution in [-0.4, -0.2) is 43.1 Å². The van der Waals surface area contributed by atoms with Gasteiger partial charge in [-0.1, -0.05) is 44.2 Å². The van der Waals surface area contributed by atoms with Crippen LogP contribution in [0, 0.1) is 5.92 Å². The molecule has 1 amide bonds. The van der Waals surface area contributed by atoms with Crippen molar-refractivity contribution in [2.75, 3.05) is 36.1 Å². The zero-order chi connectivity index (χ0) is 24.5. The first kappa shape index (κ1) is 23.3. The summed E-state index contributed by atoms with van der Waals surface area (Å²) in [6, 6.07) is 16.9. The van der Waals surface area contributed by atoms with E-state index in [0.717, 1.165) is 35.5 Å². The molecule has 0 aliphatic carbocycles. The first-order chi connectivity index (χ1) is 17.0. The zero-order valence-electron chi connectivity index (χ0n) is 19.8. The van der Waals surface area contributed by atoms with Crippen molar-refractivity contribution in [1.29, 1.82) is 0 Å². The summed E-state index contributed by atoms with van der Waals surface area (Å²) in [5, 5.41) is 15.1. The van der Waals surface area contributed by atoms with E-state index >= 15 is 0 Å². The predicted molar refractivity (Wildman–Crippen MR) is 139 cm³/mol. The normalized spacial score (nSPS) is 18.6. The number of ketones is 1. The van der Waals surface area contributed by atoms with E-state index in [9.17, 15) is 14.7 Å². The summed E-state index contributed by atoms with van der Waals surface area (Å²) >= 11 is 1.63. The SMILES string of the molecule is CC(C)C(=O)C1=C(O)C(=O)N(c2ccc(-c3ccsc3)cc2)C1c1ccccc1N1CCOCC1. The van der Waals surface area contributed by atoms with Crippen LogP contribution in [0.25, 0.3) is 11.1 Å². The number of rotatable bonds is 6. The summed E-state index contributed by atoms with van der Waals surface area (Å²) < 4.78 is 5.53. The van der Waals surface area contributed by atoms with Crippen molar-refractivity contribution in [3.05, 3.63) is 82.3 Å². The minimum atomic E-state index is -0.719. The van der Waals surface area contributed by atoms with Gasteiger partial charge in [0.1, 0.15) is 0 Å². The number of aliphatic hydroxyl groups excluding tert-OH is 1. The molecule has 0 bridgehead atoms. The molecular formula is C28H28N2O4S. The third-order valence-electron chi connectivity index (χ3n) is 6.58. The van der Waals surface area contributed by atoms with E-state index in [1.54, 1.807) is 30.1 Å². The lowest BCUT2D eigenvalue weighted by molar-refractivity contribution is -0.119. The van der Waals surface area contributed by atoms with E-state index in [4.69, 9.17) is 4.74 Å².